The van der Waals surface area contributed by atoms with Crippen molar-refractivity contribution in [3.63, 3.8) is 0 Å². The number of anilines is 1. The van der Waals surface area contributed by atoms with E-state index in [0.29, 0.717) is 19.5 Å². The number of alkyl halides is 3. The number of benzene rings is 1. The molecule has 0 aliphatic heterocycles. The summed E-state index contributed by atoms with van der Waals surface area (Å²) < 4.78 is 39.5. The summed E-state index contributed by atoms with van der Waals surface area (Å²) in [6.07, 6.45) is -1.93. The number of rotatable bonds is 5. The fraction of sp³-hybridized carbons (Fsp3) is 0.333. The van der Waals surface area contributed by atoms with E-state index >= 15 is 0 Å². The Balaban J connectivity index is 1.76. The number of urea groups is 1. The van der Waals surface area contributed by atoms with Crippen LogP contribution in [-0.4, -0.2) is 22.4 Å². The molecule has 2 amide bonds. The minimum Gasteiger partial charge on any atom is -0.338 e. The lowest BCUT2D eigenvalue weighted by Crippen LogP contribution is -2.30. The topological polar surface area (TPSA) is 59.0 Å². The number of aryl methyl sites for hydroxylation is 2. The fourth-order valence-electron chi connectivity index (χ4n) is 1.98. The highest BCUT2D eigenvalue weighted by atomic mass is 19.4. The van der Waals surface area contributed by atoms with Crippen LogP contribution in [0.4, 0.5) is 23.7 Å². The quantitative estimate of drug-likeness (QED) is 0.827. The molecule has 1 aromatic heterocycles. The maximum atomic E-state index is 12.6. The van der Waals surface area contributed by atoms with Crippen LogP contribution < -0.4 is 10.6 Å². The van der Waals surface area contributed by atoms with Crippen molar-refractivity contribution >= 4 is 11.7 Å². The van der Waals surface area contributed by atoms with Crippen LogP contribution in [0.5, 0.6) is 0 Å². The van der Waals surface area contributed by atoms with Crippen molar-refractivity contribution in [2.24, 2.45) is 0 Å². The average Bonchev–Trinajstić information content (AvgIpc) is 2.89. The molecule has 2 rings (SSSR count). The van der Waals surface area contributed by atoms with Gasteiger partial charge in [-0.05, 0) is 37.6 Å². The molecule has 0 saturated heterocycles. The van der Waals surface area contributed by atoms with Gasteiger partial charge in [0.15, 0.2) is 0 Å². The molecule has 0 aliphatic carbocycles. The zero-order valence-electron chi connectivity index (χ0n) is 12.5. The van der Waals surface area contributed by atoms with E-state index in [4.69, 9.17) is 0 Å². The number of amides is 2. The van der Waals surface area contributed by atoms with Crippen LogP contribution in [0.25, 0.3) is 0 Å². The van der Waals surface area contributed by atoms with Crippen molar-refractivity contribution in [3.05, 3.63) is 47.8 Å². The van der Waals surface area contributed by atoms with Crippen molar-refractivity contribution < 1.29 is 18.0 Å². The summed E-state index contributed by atoms with van der Waals surface area (Å²) in [4.78, 5) is 11.7. The highest BCUT2D eigenvalue weighted by Gasteiger charge is 2.30. The predicted molar refractivity (Wildman–Crippen MR) is 80.0 cm³/mol. The van der Waals surface area contributed by atoms with Gasteiger partial charge >= 0.3 is 12.2 Å². The molecule has 1 heterocycles. The molecule has 124 valence electrons. The summed E-state index contributed by atoms with van der Waals surface area (Å²) in [5.74, 6) is 0. The Bertz CT molecular complexity index is 667. The second-order valence-electron chi connectivity index (χ2n) is 5.03. The molecule has 2 N–H and O–H groups in total. The number of aromatic nitrogens is 2. The van der Waals surface area contributed by atoms with Crippen molar-refractivity contribution in [3.8, 4) is 0 Å². The molecule has 5 nitrogen and oxygen atoms in total. The maximum Gasteiger partial charge on any atom is 0.416 e. The molecule has 8 heteroatoms. The van der Waals surface area contributed by atoms with Crippen molar-refractivity contribution in [2.75, 3.05) is 11.9 Å². The molecule has 0 unspecified atom stereocenters. The van der Waals surface area contributed by atoms with Gasteiger partial charge in [-0.2, -0.15) is 18.3 Å². The number of carbonyl (C=O) groups excluding carboxylic acids is 1. The predicted octanol–water partition coefficient (Wildman–Crippen LogP) is 3.42. The van der Waals surface area contributed by atoms with Crippen LogP contribution in [0.3, 0.4) is 0 Å². The monoisotopic (exact) mass is 326 g/mol. The van der Waals surface area contributed by atoms with E-state index < -0.39 is 17.8 Å². The number of carbonyl (C=O) groups is 1. The van der Waals surface area contributed by atoms with Crippen LogP contribution in [0, 0.1) is 6.92 Å². The van der Waals surface area contributed by atoms with Gasteiger partial charge in [0.1, 0.15) is 0 Å². The van der Waals surface area contributed by atoms with Crippen molar-refractivity contribution in [1.82, 2.24) is 15.1 Å². The van der Waals surface area contributed by atoms with Gasteiger partial charge in [0, 0.05) is 25.0 Å². The summed E-state index contributed by atoms with van der Waals surface area (Å²) in [6, 6.07) is 5.84. The molecule has 0 saturated carbocycles. The van der Waals surface area contributed by atoms with Gasteiger partial charge < -0.3 is 10.6 Å². The Morgan fingerprint density at radius 2 is 2.09 bits per heavy atom. The lowest BCUT2D eigenvalue weighted by Gasteiger charge is -2.10. The second-order valence-corrected chi connectivity index (χ2v) is 5.03. The molecule has 0 spiro atoms. The third-order valence-electron chi connectivity index (χ3n) is 3.07. The summed E-state index contributed by atoms with van der Waals surface area (Å²) >= 11 is 0. The minimum absolute atomic E-state index is 0.0972. The Hall–Kier alpha value is -2.51. The molecule has 0 radical (unpaired) electrons. The zero-order valence-corrected chi connectivity index (χ0v) is 12.5. The first-order chi connectivity index (χ1) is 10.8. The minimum atomic E-state index is -4.43. The van der Waals surface area contributed by atoms with Crippen LogP contribution in [0.15, 0.2) is 36.5 Å². The van der Waals surface area contributed by atoms with Gasteiger partial charge in [0.05, 0.1) is 11.3 Å². The Kier molecular flexibility index (Phi) is 5.25. The molecular formula is C15H17F3N4O. The van der Waals surface area contributed by atoms with Gasteiger partial charge in [-0.3, -0.25) is 4.68 Å². The Labute approximate surface area is 131 Å². The molecule has 0 bridgehead atoms. The molecule has 0 atom stereocenters. The van der Waals surface area contributed by atoms with E-state index in [-0.39, 0.29) is 5.69 Å². The van der Waals surface area contributed by atoms with Gasteiger partial charge in [0.25, 0.3) is 0 Å². The van der Waals surface area contributed by atoms with Gasteiger partial charge in [-0.25, -0.2) is 4.79 Å². The van der Waals surface area contributed by atoms with Crippen LogP contribution >= 0.6 is 0 Å². The van der Waals surface area contributed by atoms with Gasteiger partial charge in [0.2, 0.25) is 0 Å². The average molecular weight is 326 g/mol. The van der Waals surface area contributed by atoms with Crippen LogP contribution in [-0.2, 0) is 12.7 Å². The van der Waals surface area contributed by atoms with E-state index in [9.17, 15) is 18.0 Å². The number of hydrogen-bond donors (Lipinski definition) is 2. The third-order valence-corrected chi connectivity index (χ3v) is 3.07. The van der Waals surface area contributed by atoms with Crippen LogP contribution in [0.1, 0.15) is 17.7 Å². The van der Waals surface area contributed by atoms with Gasteiger partial charge in [-0.15, -0.1) is 0 Å². The standard InChI is InChI=1S/C15H17F3N4O/c1-11-6-9-22(21-11)8-3-7-19-14(23)20-13-5-2-4-12(10-13)15(16,17)18/h2,4-6,9-10H,3,7-8H2,1H3,(H2,19,20,23). The highest BCUT2D eigenvalue weighted by Crippen LogP contribution is 2.30. The van der Waals surface area contributed by atoms with Crippen LogP contribution in [0.2, 0.25) is 0 Å². The number of nitrogens with zero attached hydrogens (tertiary/aromatic N) is 2. The summed E-state index contributed by atoms with van der Waals surface area (Å²) in [5, 5.41) is 9.19. The molecule has 2 aromatic rings. The van der Waals surface area contributed by atoms with E-state index in [1.165, 1.54) is 12.1 Å². The maximum absolute atomic E-state index is 12.6. The number of hydrogen-bond acceptors (Lipinski definition) is 2. The zero-order chi connectivity index (χ0) is 16.9. The largest absolute Gasteiger partial charge is 0.416 e. The molecular weight excluding hydrogens is 309 g/mol. The first-order valence-electron chi connectivity index (χ1n) is 7.07. The highest BCUT2D eigenvalue weighted by molar-refractivity contribution is 5.89. The Morgan fingerprint density at radius 1 is 1.30 bits per heavy atom. The first-order valence-corrected chi connectivity index (χ1v) is 7.07. The number of halogens is 3. The molecule has 23 heavy (non-hydrogen) atoms. The third kappa shape index (κ3) is 5.32. The lowest BCUT2D eigenvalue weighted by atomic mass is 10.2. The summed E-state index contributed by atoms with van der Waals surface area (Å²) in [6.45, 7) is 2.93. The van der Waals surface area contributed by atoms with Gasteiger partial charge in [-0.1, -0.05) is 6.07 Å². The summed E-state index contributed by atoms with van der Waals surface area (Å²) in [5.41, 5.74) is 0.213. The van der Waals surface area contributed by atoms with E-state index in [0.717, 1.165) is 17.8 Å². The first kappa shape index (κ1) is 16.9. The SMILES string of the molecule is Cc1ccn(CCCNC(=O)Nc2cccc(C(F)(F)F)c2)n1. The fourth-order valence-corrected chi connectivity index (χ4v) is 1.98. The van der Waals surface area contributed by atoms with E-state index in [2.05, 4.69) is 15.7 Å². The second kappa shape index (κ2) is 7.17. The lowest BCUT2D eigenvalue weighted by molar-refractivity contribution is -0.137. The van der Waals surface area contributed by atoms with Crippen molar-refractivity contribution in [1.29, 1.82) is 0 Å². The smallest absolute Gasteiger partial charge is 0.338 e. The molecule has 0 fully saturated rings. The molecule has 0 aliphatic rings. The van der Waals surface area contributed by atoms with Crippen molar-refractivity contribution in [2.45, 2.75) is 26.1 Å². The van der Waals surface area contributed by atoms with E-state index in [1.54, 1.807) is 4.68 Å². The normalized spacial score (nSPS) is 11.3. The Morgan fingerprint density at radius 3 is 2.74 bits per heavy atom. The summed E-state index contributed by atoms with van der Waals surface area (Å²) in [7, 11) is 0. The van der Waals surface area contributed by atoms with E-state index in [1.807, 2.05) is 19.2 Å². The molecule has 1 aromatic carbocycles. The number of nitrogens with one attached hydrogen (secondary N) is 2.